The molecule has 2 fully saturated rings. The Morgan fingerprint density at radius 1 is 1.27 bits per heavy atom. The molecule has 1 saturated heterocycles. The van der Waals surface area contributed by atoms with Crippen LogP contribution in [0.4, 0.5) is 0 Å². The second kappa shape index (κ2) is 5.72. The van der Waals surface area contributed by atoms with Gasteiger partial charge in [-0.25, -0.2) is 0 Å². The number of aryl methyl sites for hydroxylation is 1. The van der Waals surface area contributed by atoms with Crippen molar-refractivity contribution in [1.82, 2.24) is 5.32 Å². The highest BCUT2D eigenvalue weighted by molar-refractivity contribution is 5.95. The van der Waals surface area contributed by atoms with E-state index in [-0.39, 0.29) is 23.5 Å². The molecule has 22 heavy (non-hydrogen) atoms. The van der Waals surface area contributed by atoms with Crippen LogP contribution in [0.3, 0.4) is 0 Å². The number of carboxylic acid groups (broad SMARTS) is 1. The summed E-state index contributed by atoms with van der Waals surface area (Å²) in [7, 11) is 0. The highest BCUT2D eigenvalue weighted by Crippen LogP contribution is 2.46. The number of carboxylic acids is 1. The van der Waals surface area contributed by atoms with Crippen LogP contribution in [0.15, 0.2) is 24.3 Å². The van der Waals surface area contributed by atoms with Gasteiger partial charge in [0.15, 0.2) is 0 Å². The van der Waals surface area contributed by atoms with Gasteiger partial charge in [0.25, 0.3) is 5.91 Å². The first-order valence-electron chi connectivity index (χ1n) is 7.72. The highest BCUT2D eigenvalue weighted by atomic mass is 16.5. The molecule has 118 valence electrons. The minimum Gasteiger partial charge on any atom is -0.481 e. The smallest absolute Gasteiger partial charge is 0.306 e. The molecule has 3 rings (SSSR count). The van der Waals surface area contributed by atoms with E-state index >= 15 is 0 Å². The summed E-state index contributed by atoms with van der Waals surface area (Å²) in [6.07, 6.45) is 2.59. The van der Waals surface area contributed by atoms with Crippen molar-refractivity contribution in [2.24, 2.45) is 5.92 Å². The van der Waals surface area contributed by atoms with Gasteiger partial charge in [-0.3, -0.25) is 9.59 Å². The minimum atomic E-state index is -0.750. The van der Waals surface area contributed by atoms with Crippen molar-refractivity contribution in [2.75, 3.05) is 6.61 Å². The van der Waals surface area contributed by atoms with E-state index in [1.807, 2.05) is 31.2 Å². The zero-order chi connectivity index (χ0) is 15.7. The van der Waals surface area contributed by atoms with Gasteiger partial charge in [-0.1, -0.05) is 18.2 Å². The second-order valence-electron chi connectivity index (χ2n) is 6.45. The monoisotopic (exact) mass is 303 g/mol. The Hall–Kier alpha value is -1.88. The van der Waals surface area contributed by atoms with E-state index < -0.39 is 5.97 Å². The maximum atomic E-state index is 12.4. The first-order chi connectivity index (χ1) is 10.5. The third-order valence-corrected chi connectivity index (χ3v) is 4.80. The first kappa shape index (κ1) is 15.0. The molecule has 0 bridgehead atoms. The number of rotatable bonds is 3. The maximum absolute atomic E-state index is 12.4. The molecule has 1 unspecified atom stereocenters. The molecular formula is C17H21NO4. The van der Waals surface area contributed by atoms with Gasteiger partial charge in [0.05, 0.1) is 11.5 Å². The van der Waals surface area contributed by atoms with E-state index in [9.17, 15) is 9.59 Å². The third-order valence-electron chi connectivity index (χ3n) is 4.80. The Kier molecular flexibility index (Phi) is 3.91. The van der Waals surface area contributed by atoms with E-state index in [1.54, 1.807) is 0 Å². The van der Waals surface area contributed by atoms with Crippen molar-refractivity contribution in [3.8, 4) is 0 Å². The van der Waals surface area contributed by atoms with Crippen LogP contribution in [0.1, 0.15) is 41.6 Å². The number of carbonyl (C=O) groups excluding carboxylic acids is 1. The molecule has 1 aromatic carbocycles. The third kappa shape index (κ3) is 2.86. The largest absolute Gasteiger partial charge is 0.481 e. The van der Waals surface area contributed by atoms with Crippen molar-refractivity contribution >= 4 is 11.9 Å². The van der Waals surface area contributed by atoms with Crippen molar-refractivity contribution in [3.63, 3.8) is 0 Å². The molecule has 5 nitrogen and oxygen atoms in total. The van der Waals surface area contributed by atoms with Gasteiger partial charge in [0, 0.05) is 18.2 Å². The standard InChI is InChI=1S/C17H21NO4/c1-11-4-2-3-5-14(11)15(19)18-13-6-7-22-17(10-13)8-12(9-17)16(20)21/h2-5,12-13H,6-10H2,1H3,(H,18,19)(H,20,21). The average Bonchev–Trinajstić information content (AvgIpc) is 2.45. The summed E-state index contributed by atoms with van der Waals surface area (Å²) >= 11 is 0. The van der Waals surface area contributed by atoms with E-state index in [4.69, 9.17) is 9.84 Å². The molecule has 2 aliphatic rings. The molecular weight excluding hydrogens is 282 g/mol. The summed E-state index contributed by atoms with van der Waals surface area (Å²) in [5.41, 5.74) is 1.31. The van der Waals surface area contributed by atoms with Crippen LogP contribution < -0.4 is 5.32 Å². The van der Waals surface area contributed by atoms with Crippen molar-refractivity contribution in [2.45, 2.75) is 44.2 Å². The van der Waals surface area contributed by atoms with Crippen LogP contribution in [-0.2, 0) is 9.53 Å². The van der Waals surface area contributed by atoms with Gasteiger partial charge in [-0.05, 0) is 44.2 Å². The van der Waals surface area contributed by atoms with E-state index in [2.05, 4.69) is 5.32 Å². The molecule has 1 aromatic rings. The van der Waals surface area contributed by atoms with Gasteiger partial charge in [-0.2, -0.15) is 0 Å². The molecule has 2 N–H and O–H groups in total. The predicted octanol–water partition coefficient (Wildman–Crippen LogP) is 2.14. The van der Waals surface area contributed by atoms with Crippen molar-refractivity contribution in [3.05, 3.63) is 35.4 Å². The summed E-state index contributed by atoms with van der Waals surface area (Å²) in [6.45, 7) is 2.49. The first-order valence-corrected chi connectivity index (χ1v) is 7.72. The number of hydrogen-bond acceptors (Lipinski definition) is 3. The van der Waals surface area contributed by atoms with Gasteiger partial charge >= 0.3 is 5.97 Å². The number of aliphatic carboxylic acids is 1. The molecule has 1 atom stereocenters. The summed E-state index contributed by atoms with van der Waals surface area (Å²) in [6, 6.07) is 7.57. The number of amides is 1. The number of ether oxygens (including phenoxy) is 1. The number of hydrogen-bond donors (Lipinski definition) is 2. The Labute approximate surface area is 129 Å². The van der Waals surface area contributed by atoms with Crippen LogP contribution in [-0.4, -0.2) is 35.2 Å². The lowest BCUT2D eigenvalue weighted by Gasteiger charge is -2.50. The van der Waals surface area contributed by atoms with Crippen LogP contribution in [0.2, 0.25) is 0 Å². The topological polar surface area (TPSA) is 75.6 Å². The van der Waals surface area contributed by atoms with E-state index in [1.165, 1.54) is 0 Å². The predicted molar refractivity (Wildman–Crippen MR) is 80.7 cm³/mol. The molecule has 1 heterocycles. The Bertz CT molecular complexity index is 592. The fourth-order valence-corrected chi connectivity index (χ4v) is 3.54. The number of benzene rings is 1. The number of nitrogens with one attached hydrogen (secondary N) is 1. The lowest BCUT2D eigenvalue weighted by atomic mass is 9.66. The SMILES string of the molecule is Cc1ccccc1C(=O)NC1CCOC2(C1)CC(C(=O)O)C2. The van der Waals surface area contributed by atoms with Crippen molar-refractivity contribution < 1.29 is 19.4 Å². The van der Waals surface area contributed by atoms with Crippen LogP contribution in [0, 0.1) is 12.8 Å². The van der Waals surface area contributed by atoms with Gasteiger partial charge in [0.2, 0.25) is 0 Å². The molecule has 1 spiro atoms. The van der Waals surface area contributed by atoms with Crippen LogP contribution >= 0.6 is 0 Å². The zero-order valence-corrected chi connectivity index (χ0v) is 12.7. The number of carbonyl (C=O) groups is 2. The average molecular weight is 303 g/mol. The Morgan fingerprint density at radius 3 is 2.68 bits per heavy atom. The van der Waals surface area contributed by atoms with Gasteiger partial charge in [0.1, 0.15) is 0 Å². The van der Waals surface area contributed by atoms with Crippen LogP contribution in [0.25, 0.3) is 0 Å². The zero-order valence-electron chi connectivity index (χ0n) is 12.7. The van der Waals surface area contributed by atoms with E-state index in [0.29, 0.717) is 31.4 Å². The fourth-order valence-electron chi connectivity index (χ4n) is 3.54. The molecule has 1 aliphatic heterocycles. The van der Waals surface area contributed by atoms with Crippen LogP contribution in [0.5, 0.6) is 0 Å². The van der Waals surface area contributed by atoms with E-state index in [0.717, 1.165) is 12.0 Å². The van der Waals surface area contributed by atoms with Crippen molar-refractivity contribution in [1.29, 1.82) is 0 Å². The van der Waals surface area contributed by atoms with Gasteiger partial charge in [-0.15, -0.1) is 0 Å². The molecule has 1 aliphatic carbocycles. The molecule has 5 heteroatoms. The molecule has 1 amide bonds. The molecule has 1 saturated carbocycles. The summed E-state index contributed by atoms with van der Waals surface area (Å²) in [4.78, 5) is 23.3. The lowest BCUT2D eigenvalue weighted by Crippen LogP contribution is -2.56. The maximum Gasteiger partial charge on any atom is 0.306 e. The second-order valence-corrected chi connectivity index (χ2v) is 6.45. The quantitative estimate of drug-likeness (QED) is 0.897. The molecule has 0 radical (unpaired) electrons. The summed E-state index contributed by atoms with van der Waals surface area (Å²) in [5, 5.41) is 12.1. The Balaban J connectivity index is 1.61. The Morgan fingerprint density at radius 2 is 2.00 bits per heavy atom. The minimum absolute atomic E-state index is 0.0515. The fraction of sp³-hybridized carbons (Fsp3) is 0.529. The highest BCUT2D eigenvalue weighted by Gasteiger charge is 2.51. The molecule has 0 aromatic heterocycles. The summed E-state index contributed by atoms with van der Waals surface area (Å²) < 4.78 is 5.81. The summed E-state index contributed by atoms with van der Waals surface area (Å²) in [5.74, 6) is -1.11. The lowest BCUT2D eigenvalue weighted by molar-refractivity contribution is -0.181. The van der Waals surface area contributed by atoms with Gasteiger partial charge < -0.3 is 15.2 Å². The normalized spacial score (nSPS) is 30.6.